The highest BCUT2D eigenvalue weighted by Gasteiger charge is 2.33. The summed E-state index contributed by atoms with van der Waals surface area (Å²) in [6.45, 7) is 3.85. The van der Waals surface area contributed by atoms with Crippen LogP contribution in [0.4, 0.5) is 10.1 Å². The Bertz CT molecular complexity index is 660. The molecule has 2 N–H and O–H groups in total. The van der Waals surface area contributed by atoms with E-state index in [-0.39, 0.29) is 23.9 Å². The van der Waals surface area contributed by atoms with E-state index >= 15 is 0 Å². The van der Waals surface area contributed by atoms with Crippen LogP contribution < -0.4 is 10.6 Å². The van der Waals surface area contributed by atoms with Crippen LogP contribution >= 0.6 is 0 Å². The van der Waals surface area contributed by atoms with Gasteiger partial charge in [0.25, 0.3) is 0 Å². The minimum Gasteiger partial charge on any atom is -0.467 e. The molecule has 1 aromatic carbocycles. The van der Waals surface area contributed by atoms with E-state index in [4.69, 9.17) is 4.74 Å². The first kappa shape index (κ1) is 17.9. The van der Waals surface area contributed by atoms with Crippen molar-refractivity contribution in [2.45, 2.75) is 38.6 Å². The molecule has 24 heavy (non-hydrogen) atoms. The number of amides is 2. The van der Waals surface area contributed by atoms with Gasteiger partial charge in [-0.2, -0.15) is 0 Å². The Morgan fingerprint density at radius 3 is 2.75 bits per heavy atom. The molecular weight excluding hydrogens is 315 g/mol. The van der Waals surface area contributed by atoms with Gasteiger partial charge in [-0.05, 0) is 30.0 Å². The molecule has 0 aromatic heterocycles. The van der Waals surface area contributed by atoms with Crippen molar-refractivity contribution in [1.29, 1.82) is 0 Å². The van der Waals surface area contributed by atoms with Gasteiger partial charge >= 0.3 is 5.97 Å². The average Bonchev–Trinajstić information content (AvgIpc) is 2.51. The maximum atomic E-state index is 13.3. The topological polar surface area (TPSA) is 84.5 Å². The van der Waals surface area contributed by atoms with Crippen molar-refractivity contribution in [1.82, 2.24) is 5.32 Å². The molecule has 2 atom stereocenters. The van der Waals surface area contributed by atoms with Crippen LogP contribution in [0, 0.1) is 11.7 Å². The molecular formula is C17H21FN2O4. The van der Waals surface area contributed by atoms with Gasteiger partial charge < -0.3 is 15.4 Å². The normalized spacial score (nSPS) is 17.7. The Hall–Kier alpha value is -2.44. The van der Waals surface area contributed by atoms with E-state index in [9.17, 15) is 18.8 Å². The molecule has 1 aliphatic heterocycles. The molecule has 0 saturated heterocycles. The third-order valence-corrected chi connectivity index (χ3v) is 3.88. The molecule has 1 heterocycles. The highest BCUT2D eigenvalue weighted by atomic mass is 19.1. The zero-order chi connectivity index (χ0) is 17.9. The van der Waals surface area contributed by atoms with Crippen molar-refractivity contribution < 1.29 is 23.5 Å². The summed E-state index contributed by atoms with van der Waals surface area (Å²) in [6, 6.07) is 3.11. The maximum Gasteiger partial charge on any atom is 0.328 e. The maximum absolute atomic E-state index is 13.3. The van der Waals surface area contributed by atoms with E-state index in [1.165, 1.54) is 25.3 Å². The first-order valence-corrected chi connectivity index (χ1v) is 7.79. The number of ether oxygens (including phenoxy) is 1. The van der Waals surface area contributed by atoms with Crippen LogP contribution in [0.3, 0.4) is 0 Å². The predicted octanol–water partition coefficient (Wildman–Crippen LogP) is 1.96. The number of fused-ring (bicyclic) bond motifs is 1. The molecule has 0 unspecified atom stereocenters. The molecule has 0 bridgehead atoms. The summed E-state index contributed by atoms with van der Waals surface area (Å²) in [4.78, 5) is 36.3. The highest BCUT2D eigenvalue weighted by molar-refractivity contribution is 6.01. The third kappa shape index (κ3) is 4.10. The SMILES string of the molecule is COC(=O)[C@H](CC(C)C)NC(=O)[C@@H]1CC(=O)Nc2cc(F)ccc21. The monoisotopic (exact) mass is 336 g/mol. The lowest BCUT2D eigenvalue weighted by atomic mass is 9.89. The summed E-state index contributed by atoms with van der Waals surface area (Å²) in [5.74, 6) is -2.45. The van der Waals surface area contributed by atoms with Crippen LogP contribution in [-0.4, -0.2) is 30.9 Å². The van der Waals surface area contributed by atoms with Gasteiger partial charge in [0.05, 0.1) is 13.0 Å². The van der Waals surface area contributed by atoms with E-state index < -0.39 is 29.7 Å². The summed E-state index contributed by atoms with van der Waals surface area (Å²) >= 11 is 0. The summed E-state index contributed by atoms with van der Waals surface area (Å²) in [5, 5.41) is 5.21. The highest BCUT2D eigenvalue weighted by Crippen LogP contribution is 2.33. The molecule has 0 spiro atoms. The molecule has 1 aromatic rings. The summed E-state index contributed by atoms with van der Waals surface area (Å²) in [5.41, 5.74) is 0.812. The number of hydrogen-bond donors (Lipinski definition) is 2. The van der Waals surface area contributed by atoms with Crippen molar-refractivity contribution in [3.63, 3.8) is 0 Å². The number of anilines is 1. The van der Waals surface area contributed by atoms with E-state index in [0.29, 0.717) is 12.0 Å². The lowest BCUT2D eigenvalue weighted by molar-refractivity contribution is -0.145. The van der Waals surface area contributed by atoms with Gasteiger partial charge in [-0.25, -0.2) is 9.18 Å². The first-order chi connectivity index (χ1) is 11.3. The van der Waals surface area contributed by atoms with Gasteiger partial charge in [0.2, 0.25) is 11.8 Å². The molecule has 7 heteroatoms. The van der Waals surface area contributed by atoms with Gasteiger partial charge in [-0.15, -0.1) is 0 Å². The van der Waals surface area contributed by atoms with Crippen LogP contribution in [0.1, 0.15) is 38.2 Å². The molecule has 0 saturated carbocycles. The zero-order valence-electron chi connectivity index (χ0n) is 13.9. The number of nitrogens with one attached hydrogen (secondary N) is 2. The smallest absolute Gasteiger partial charge is 0.328 e. The van der Waals surface area contributed by atoms with Gasteiger partial charge in [0.15, 0.2) is 0 Å². The van der Waals surface area contributed by atoms with E-state index in [0.717, 1.165) is 0 Å². The standard InChI is InChI=1S/C17H21FN2O4/c1-9(2)6-14(17(23)24-3)20-16(22)12-8-15(21)19-13-7-10(18)4-5-11(12)13/h4-5,7,9,12,14H,6,8H2,1-3H3,(H,19,21)(H,20,22)/t12-,14+/m1/s1. The molecule has 0 radical (unpaired) electrons. The van der Waals surface area contributed by atoms with Crippen LogP contribution in [0.25, 0.3) is 0 Å². The fraction of sp³-hybridized carbons (Fsp3) is 0.471. The molecule has 130 valence electrons. The minimum absolute atomic E-state index is 0.0555. The predicted molar refractivity (Wildman–Crippen MR) is 85.8 cm³/mol. The van der Waals surface area contributed by atoms with E-state index in [1.54, 1.807) is 0 Å². The van der Waals surface area contributed by atoms with Gasteiger partial charge in [-0.1, -0.05) is 19.9 Å². The molecule has 2 rings (SSSR count). The number of methoxy groups -OCH3 is 1. The third-order valence-electron chi connectivity index (χ3n) is 3.88. The molecule has 2 amide bonds. The van der Waals surface area contributed by atoms with Gasteiger partial charge in [0, 0.05) is 12.1 Å². The Kier molecular flexibility index (Phi) is 5.54. The molecule has 6 nitrogen and oxygen atoms in total. The van der Waals surface area contributed by atoms with Crippen molar-refractivity contribution in [3.05, 3.63) is 29.6 Å². The van der Waals surface area contributed by atoms with Crippen molar-refractivity contribution in [2.24, 2.45) is 5.92 Å². The van der Waals surface area contributed by atoms with Gasteiger partial charge in [0.1, 0.15) is 11.9 Å². The average molecular weight is 336 g/mol. The number of carbonyl (C=O) groups excluding carboxylic acids is 3. The first-order valence-electron chi connectivity index (χ1n) is 7.79. The second-order valence-electron chi connectivity index (χ2n) is 6.25. The molecule has 0 aliphatic carbocycles. The fourth-order valence-corrected chi connectivity index (χ4v) is 2.77. The van der Waals surface area contributed by atoms with Crippen molar-refractivity contribution in [2.75, 3.05) is 12.4 Å². The number of benzene rings is 1. The summed E-state index contributed by atoms with van der Waals surface area (Å²) < 4.78 is 18.1. The Labute approximate surface area is 139 Å². The van der Waals surface area contributed by atoms with Crippen LogP contribution in [0.2, 0.25) is 0 Å². The second-order valence-corrected chi connectivity index (χ2v) is 6.25. The van der Waals surface area contributed by atoms with Crippen LogP contribution in [0.5, 0.6) is 0 Å². The zero-order valence-corrected chi connectivity index (χ0v) is 13.9. The van der Waals surface area contributed by atoms with Crippen LogP contribution in [0.15, 0.2) is 18.2 Å². The van der Waals surface area contributed by atoms with Crippen LogP contribution in [-0.2, 0) is 19.1 Å². The lowest BCUT2D eigenvalue weighted by Crippen LogP contribution is -2.45. The Balaban J connectivity index is 2.22. The largest absolute Gasteiger partial charge is 0.467 e. The number of esters is 1. The number of hydrogen-bond acceptors (Lipinski definition) is 4. The fourth-order valence-electron chi connectivity index (χ4n) is 2.77. The quantitative estimate of drug-likeness (QED) is 0.805. The van der Waals surface area contributed by atoms with Crippen molar-refractivity contribution >= 4 is 23.5 Å². The molecule has 1 aliphatic rings. The Morgan fingerprint density at radius 1 is 1.42 bits per heavy atom. The van der Waals surface area contributed by atoms with E-state index in [2.05, 4.69) is 10.6 Å². The lowest BCUT2D eigenvalue weighted by Gasteiger charge is -2.27. The minimum atomic E-state index is -0.781. The summed E-state index contributed by atoms with van der Waals surface area (Å²) in [7, 11) is 1.26. The number of rotatable bonds is 5. The number of carbonyl (C=O) groups is 3. The van der Waals surface area contributed by atoms with E-state index in [1.807, 2.05) is 13.8 Å². The van der Waals surface area contributed by atoms with Gasteiger partial charge in [-0.3, -0.25) is 9.59 Å². The Morgan fingerprint density at radius 2 is 2.12 bits per heavy atom. The molecule has 0 fully saturated rings. The number of halogens is 1. The second kappa shape index (κ2) is 7.42. The van der Waals surface area contributed by atoms with Crippen molar-refractivity contribution in [3.8, 4) is 0 Å². The summed E-state index contributed by atoms with van der Waals surface area (Å²) in [6.07, 6.45) is 0.369.